The summed E-state index contributed by atoms with van der Waals surface area (Å²) in [4.78, 5) is 32.7. The monoisotopic (exact) mass is 360 g/mol. The second kappa shape index (κ2) is 6.49. The standard InChI is InChI=1S/C19H16N6O2/c1-12-4-5-13(16-11-25-9-3-8-20-19(25)22-16)10-15(12)21-18(27)14-6-7-17(26)24(2)23-14/h3-11H,1-2H3,(H,21,27). The maximum Gasteiger partial charge on any atom is 0.276 e. The number of anilines is 1. The van der Waals surface area contributed by atoms with Gasteiger partial charge in [0.2, 0.25) is 5.78 Å². The van der Waals surface area contributed by atoms with Crippen LogP contribution in [0.3, 0.4) is 0 Å². The fourth-order valence-electron chi connectivity index (χ4n) is 2.69. The van der Waals surface area contributed by atoms with E-state index in [0.717, 1.165) is 21.5 Å². The number of hydrogen-bond acceptors (Lipinski definition) is 5. The first-order valence-corrected chi connectivity index (χ1v) is 8.28. The van der Waals surface area contributed by atoms with Crippen LogP contribution in [0.1, 0.15) is 16.1 Å². The maximum absolute atomic E-state index is 12.5. The van der Waals surface area contributed by atoms with Crippen LogP contribution < -0.4 is 10.9 Å². The van der Waals surface area contributed by atoms with Crippen LogP contribution in [-0.2, 0) is 7.05 Å². The Hall–Kier alpha value is -3.81. The zero-order chi connectivity index (χ0) is 19.0. The molecule has 1 amide bonds. The number of aromatic nitrogens is 5. The van der Waals surface area contributed by atoms with Crippen molar-refractivity contribution in [2.45, 2.75) is 6.92 Å². The minimum atomic E-state index is -0.387. The normalized spacial score (nSPS) is 10.9. The van der Waals surface area contributed by atoms with Crippen LogP contribution in [0.25, 0.3) is 17.0 Å². The number of carbonyl (C=O) groups excluding carboxylic acids is 1. The van der Waals surface area contributed by atoms with Crippen molar-refractivity contribution in [1.82, 2.24) is 24.1 Å². The van der Waals surface area contributed by atoms with Gasteiger partial charge in [0.1, 0.15) is 5.69 Å². The Bertz CT molecular complexity index is 1190. The van der Waals surface area contributed by atoms with Crippen molar-refractivity contribution in [1.29, 1.82) is 0 Å². The molecule has 0 radical (unpaired) electrons. The highest BCUT2D eigenvalue weighted by molar-refractivity contribution is 6.03. The van der Waals surface area contributed by atoms with Crippen molar-refractivity contribution in [3.63, 3.8) is 0 Å². The number of carbonyl (C=O) groups is 1. The molecule has 0 unspecified atom stereocenters. The van der Waals surface area contributed by atoms with Crippen LogP contribution in [0.2, 0.25) is 0 Å². The quantitative estimate of drug-likeness (QED) is 0.603. The fourth-order valence-corrected chi connectivity index (χ4v) is 2.69. The van der Waals surface area contributed by atoms with E-state index in [0.29, 0.717) is 11.5 Å². The van der Waals surface area contributed by atoms with Gasteiger partial charge in [-0.25, -0.2) is 14.6 Å². The molecule has 8 heteroatoms. The Morgan fingerprint density at radius 2 is 2.04 bits per heavy atom. The number of aryl methyl sites for hydroxylation is 2. The number of nitrogens with zero attached hydrogens (tertiary/aromatic N) is 5. The van der Waals surface area contributed by atoms with Crippen molar-refractivity contribution < 1.29 is 4.79 Å². The molecule has 4 rings (SSSR count). The summed E-state index contributed by atoms with van der Waals surface area (Å²) >= 11 is 0. The lowest BCUT2D eigenvalue weighted by atomic mass is 10.1. The van der Waals surface area contributed by atoms with E-state index in [-0.39, 0.29) is 17.2 Å². The Kier molecular flexibility index (Phi) is 4.00. The Balaban J connectivity index is 1.66. The second-order valence-corrected chi connectivity index (χ2v) is 6.12. The van der Waals surface area contributed by atoms with Crippen molar-refractivity contribution >= 4 is 17.4 Å². The molecule has 1 aromatic carbocycles. The molecule has 0 saturated heterocycles. The Labute approximate surface area is 154 Å². The van der Waals surface area contributed by atoms with Gasteiger partial charge in [0, 0.05) is 43.0 Å². The van der Waals surface area contributed by atoms with E-state index in [1.807, 2.05) is 48.0 Å². The number of nitrogens with one attached hydrogen (secondary N) is 1. The topological polar surface area (TPSA) is 94.2 Å². The van der Waals surface area contributed by atoms with E-state index in [2.05, 4.69) is 20.4 Å². The molecule has 3 heterocycles. The van der Waals surface area contributed by atoms with Gasteiger partial charge in [-0.1, -0.05) is 12.1 Å². The SMILES string of the molecule is Cc1ccc(-c2cn3cccnc3n2)cc1NC(=O)c1ccc(=O)n(C)n1. The summed E-state index contributed by atoms with van der Waals surface area (Å²) in [6, 6.07) is 10.3. The molecule has 134 valence electrons. The number of amides is 1. The van der Waals surface area contributed by atoms with Crippen LogP contribution in [-0.4, -0.2) is 30.1 Å². The minimum Gasteiger partial charge on any atom is -0.320 e. The zero-order valence-electron chi connectivity index (χ0n) is 14.7. The summed E-state index contributed by atoms with van der Waals surface area (Å²) in [7, 11) is 1.50. The van der Waals surface area contributed by atoms with Crippen molar-refractivity contribution in [2.75, 3.05) is 5.32 Å². The van der Waals surface area contributed by atoms with Gasteiger partial charge in [-0.2, -0.15) is 5.10 Å². The van der Waals surface area contributed by atoms with Crippen LogP contribution in [0, 0.1) is 6.92 Å². The first kappa shape index (κ1) is 16.6. The Morgan fingerprint density at radius 3 is 2.81 bits per heavy atom. The highest BCUT2D eigenvalue weighted by Gasteiger charge is 2.12. The first-order chi connectivity index (χ1) is 13.0. The number of rotatable bonds is 3. The van der Waals surface area contributed by atoms with Crippen molar-refractivity contribution in [3.8, 4) is 11.3 Å². The summed E-state index contributed by atoms with van der Waals surface area (Å²) < 4.78 is 2.96. The fraction of sp³-hybridized carbons (Fsp3) is 0.105. The number of imidazole rings is 1. The molecule has 0 saturated carbocycles. The van der Waals surface area contributed by atoms with Crippen molar-refractivity contribution in [3.05, 3.63) is 76.6 Å². The predicted molar refractivity (Wildman–Crippen MR) is 101 cm³/mol. The second-order valence-electron chi connectivity index (χ2n) is 6.12. The molecule has 0 atom stereocenters. The number of hydrogen-bond donors (Lipinski definition) is 1. The third kappa shape index (κ3) is 3.20. The molecule has 0 aliphatic heterocycles. The summed E-state index contributed by atoms with van der Waals surface area (Å²) in [5, 5.41) is 6.83. The summed E-state index contributed by atoms with van der Waals surface area (Å²) in [5.74, 6) is 0.218. The molecule has 27 heavy (non-hydrogen) atoms. The minimum absolute atomic E-state index is 0.166. The lowest BCUT2D eigenvalue weighted by Crippen LogP contribution is -2.23. The van der Waals surface area contributed by atoms with E-state index in [4.69, 9.17) is 0 Å². The molecule has 8 nitrogen and oxygen atoms in total. The van der Waals surface area contributed by atoms with Crippen LogP contribution in [0.5, 0.6) is 0 Å². The van der Waals surface area contributed by atoms with E-state index in [1.165, 1.54) is 19.2 Å². The lowest BCUT2D eigenvalue weighted by molar-refractivity contribution is 0.102. The van der Waals surface area contributed by atoms with Crippen molar-refractivity contribution in [2.24, 2.45) is 7.05 Å². The van der Waals surface area contributed by atoms with E-state index in [1.54, 1.807) is 6.20 Å². The van der Waals surface area contributed by atoms with Gasteiger partial charge in [-0.05, 0) is 30.7 Å². The predicted octanol–water partition coefficient (Wildman–Crippen LogP) is 2.05. The molecule has 0 spiro atoms. The molecule has 0 fully saturated rings. The molecule has 0 bridgehead atoms. The van der Waals surface area contributed by atoms with Gasteiger partial charge in [-0.15, -0.1) is 0 Å². The summed E-state index contributed by atoms with van der Waals surface area (Å²) in [6.45, 7) is 1.90. The van der Waals surface area contributed by atoms with Gasteiger partial charge in [-0.3, -0.25) is 14.0 Å². The average molecular weight is 360 g/mol. The molecule has 3 aromatic heterocycles. The molecular formula is C19H16N6O2. The largest absolute Gasteiger partial charge is 0.320 e. The molecule has 4 aromatic rings. The maximum atomic E-state index is 12.5. The highest BCUT2D eigenvalue weighted by Crippen LogP contribution is 2.25. The average Bonchev–Trinajstić information content (AvgIpc) is 3.10. The first-order valence-electron chi connectivity index (χ1n) is 8.28. The van der Waals surface area contributed by atoms with Crippen LogP contribution in [0.4, 0.5) is 5.69 Å². The van der Waals surface area contributed by atoms with Gasteiger partial charge in [0.15, 0.2) is 0 Å². The molecule has 0 aliphatic rings. The van der Waals surface area contributed by atoms with Crippen LogP contribution in [0.15, 0.2) is 59.8 Å². The third-order valence-electron chi connectivity index (χ3n) is 4.21. The van der Waals surface area contributed by atoms with E-state index >= 15 is 0 Å². The number of fused-ring (bicyclic) bond motifs is 1. The summed E-state index contributed by atoms with van der Waals surface area (Å²) in [6.07, 6.45) is 5.45. The Morgan fingerprint density at radius 1 is 1.19 bits per heavy atom. The van der Waals surface area contributed by atoms with E-state index in [9.17, 15) is 9.59 Å². The van der Waals surface area contributed by atoms with Gasteiger partial charge >= 0.3 is 0 Å². The van der Waals surface area contributed by atoms with Gasteiger partial charge in [0.05, 0.1) is 5.69 Å². The smallest absolute Gasteiger partial charge is 0.276 e. The zero-order valence-corrected chi connectivity index (χ0v) is 14.7. The number of benzene rings is 1. The molecular weight excluding hydrogens is 344 g/mol. The van der Waals surface area contributed by atoms with Gasteiger partial charge < -0.3 is 5.32 Å². The van der Waals surface area contributed by atoms with Gasteiger partial charge in [0.25, 0.3) is 11.5 Å². The summed E-state index contributed by atoms with van der Waals surface area (Å²) in [5.41, 5.74) is 3.06. The van der Waals surface area contributed by atoms with E-state index < -0.39 is 0 Å². The lowest BCUT2D eigenvalue weighted by Gasteiger charge is -2.10. The highest BCUT2D eigenvalue weighted by atomic mass is 16.2. The molecule has 0 aliphatic carbocycles. The third-order valence-corrected chi connectivity index (χ3v) is 4.21. The molecule has 1 N–H and O–H groups in total. The van der Waals surface area contributed by atoms with Crippen LogP contribution >= 0.6 is 0 Å².